The summed E-state index contributed by atoms with van der Waals surface area (Å²) in [6.07, 6.45) is 2.23. The lowest BCUT2D eigenvalue weighted by Crippen LogP contribution is -1.87. The van der Waals surface area contributed by atoms with Crippen LogP contribution < -0.4 is 4.74 Å². The number of nitriles is 1. The first-order valence-corrected chi connectivity index (χ1v) is 6.98. The lowest BCUT2D eigenvalue weighted by atomic mass is 10.1. The Balaban J connectivity index is 2.13. The van der Waals surface area contributed by atoms with Crippen molar-refractivity contribution >= 4 is 15.9 Å². The van der Waals surface area contributed by atoms with Gasteiger partial charge in [0.1, 0.15) is 17.6 Å². The van der Waals surface area contributed by atoms with Gasteiger partial charge in [-0.1, -0.05) is 25.5 Å². The van der Waals surface area contributed by atoms with Crippen molar-refractivity contribution < 1.29 is 4.74 Å². The van der Waals surface area contributed by atoms with Gasteiger partial charge in [-0.05, 0) is 58.2 Å². The number of ether oxygens (including phenoxy) is 1. The van der Waals surface area contributed by atoms with Gasteiger partial charge in [0.2, 0.25) is 0 Å². The molecule has 3 heteroatoms. The van der Waals surface area contributed by atoms with Crippen molar-refractivity contribution in [2.75, 3.05) is 0 Å². The van der Waals surface area contributed by atoms with E-state index in [1.165, 1.54) is 5.56 Å². The summed E-state index contributed by atoms with van der Waals surface area (Å²) in [4.78, 5) is 0. The Hall–Kier alpha value is -1.79. The molecular formula is C16H14BrNO. The molecule has 96 valence electrons. The van der Waals surface area contributed by atoms with E-state index >= 15 is 0 Å². The number of hydrogen-bond donors (Lipinski definition) is 0. The van der Waals surface area contributed by atoms with Crippen molar-refractivity contribution in [3.8, 4) is 17.6 Å². The van der Waals surface area contributed by atoms with Crippen LogP contribution >= 0.6 is 15.9 Å². The van der Waals surface area contributed by atoms with Gasteiger partial charge in [-0.25, -0.2) is 0 Å². The van der Waals surface area contributed by atoms with Gasteiger partial charge >= 0.3 is 0 Å². The van der Waals surface area contributed by atoms with E-state index in [1.807, 2.05) is 12.1 Å². The second-order valence-corrected chi connectivity index (χ2v) is 5.10. The molecule has 0 aliphatic heterocycles. The summed E-state index contributed by atoms with van der Waals surface area (Å²) >= 11 is 3.35. The summed E-state index contributed by atoms with van der Waals surface area (Å²) in [5, 5.41) is 8.86. The zero-order valence-electron chi connectivity index (χ0n) is 10.7. The summed E-state index contributed by atoms with van der Waals surface area (Å²) in [6.45, 7) is 2.17. The third kappa shape index (κ3) is 3.59. The lowest BCUT2D eigenvalue weighted by molar-refractivity contribution is 0.482. The minimum absolute atomic E-state index is 0.602. The molecule has 0 N–H and O–H groups in total. The van der Waals surface area contributed by atoms with Crippen LogP contribution in [-0.4, -0.2) is 0 Å². The minimum Gasteiger partial charge on any atom is -0.457 e. The molecule has 0 saturated heterocycles. The normalized spacial score (nSPS) is 9.95. The smallest absolute Gasteiger partial charge is 0.128 e. The van der Waals surface area contributed by atoms with Crippen molar-refractivity contribution in [1.82, 2.24) is 0 Å². The molecule has 19 heavy (non-hydrogen) atoms. The molecular weight excluding hydrogens is 302 g/mol. The average Bonchev–Trinajstić information content (AvgIpc) is 2.42. The quantitative estimate of drug-likeness (QED) is 0.789. The van der Waals surface area contributed by atoms with Crippen LogP contribution in [0.4, 0.5) is 0 Å². The molecule has 0 aliphatic carbocycles. The fraction of sp³-hybridized carbons (Fsp3) is 0.188. The summed E-state index contributed by atoms with van der Waals surface area (Å²) in [5.74, 6) is 1.52. The molecule has 0 fully saturated rings. The first kappa shape index (κ1) is 13.6. The molecule has 2 aromatic rings. The molecule has 0 bridgehead atoms. The van der Waals surface area contributed by atoms with Gasteiger partial charge in [0.05, 0.1) is 5.56 Å². The van der Waals surface area contributed by atoms with Gasteiger partial charge in [-0.3, -0.25) is 0 Å². The van der Waals surface area contributed by atoms with Gasteiger partial charge in [0.25, 0.3) is 0 Å². The topological polar surface area (TPSA) is 33.0 Å². The second-order valence-electron chi connectivity index (χ2n) is 4.25. The Morgan fingerprint density at radius 1 is 1.11 bits per heavy atom. The monoisotopic (exact) mass is 315 g/mol. The van der Waals surface area contributed by atoms with Crippen LogP contribution in [0.1, 0.15) is 24.5 Å². The van der Waals surface area contributed by atoms with Crippen LogP contribution in [0.25, 0.3) is 0 Å². The Bertz CT molecular complexity index is 599. The fourth-order valence-electron chi connectivity index (χ4n) is 1.80. The van der Waals surface area contributed by atoms with Crippen LogP contribution in [0, 0.1) is 11.3 Å². The molecule has 2 aromatic carbocycles. The van der Waals surface area contributed by atoms with Gasteiger partial charge < -0.3 is 4.74 Å². The predicted octanol–water partition coefficient (Wildman–Crippen LogP) is 5.07. The maximum absolute atomic E-state index is 8.86. The molecule has 2 rings (SSSR count). The van der Waals surface area contributed by atoms with E-state index in [2.05, 4.69) is 41.1 Å². The number of hydrogen-bond acceptors (Lipinski definition) is 2. The fourth-order valence-corrected chi connectivity index (χ4v) is 2.25. The average molecular weight is 316 g/mol. The second kappa shape index (κ2) is 6.40. The van der Waals surface area contributed by atoms with Crippen LogP contribution in [0.3, 0.4) is 0 Å². The molecule has 0 saturated carbocycles. The molecule has 0 spiro atoms. The van der Waals surface area contributed by atoms with Crippen LogP contribution in [0.5, 0.6) is 11.5 Å². The Kier molecular flexibility index (Phi) is 4.59. The highest BCUT2D eigenvalue weighted by molar-refractivity contribution is 9.10. The number of halogens is 1. The van der Waals surface area contributed by atoms with E-state index in [0.717, 1.165) is 23.1 Å². The van der Waals surface area contributed by atoms with Crippen LogP contribution in [0.2, 0.25) is 0 Å². The van der Waals surface area contributed by atoms with E-state index in [0.29, 0.717) is 11.3 Å². The number of nitrogens with zero attached hydrogens (tertiary/aromatic N) is 1. The SMILES string of the molecule is CCCc1ccc(Oc2ccc(C#N)c(Br)c2)cc1. The molecule has 0 radical (unpaired) electrons. The first-order valence-electron chi connectivity index (χ1n) is 6.19. The van der Waals surface area contributed by atoms with Crippen LogP contribution in [-0.2, 0) is 6.42 Å². The van der Waals surface area contributed by atoms with E-state index in [-0.39, 0.29) is 0 Å². The van der Waals surface area contributed by atoms with E-state index in [1.54, 1.807) is 18.2 Å². The third-order valence-electron chi connectivity index (χ3n) is 2.76. The molecule has 0 aromatic heterocycles. The number of benzene rings is 2. The van der Waals surface area contributed by atoms with Crippen molar-refractivity contribution in [3.05, 3.63) is 58.1 Å². The predicted molar refractivity (Wildman–Crippen MR) is 79.4 cm³/mol. The number of rotatable bonds is 4. The Labute approximate surface area is 121 Å². The van der Waals surface area contributed by atoms with Crippen LogP contribution in [0.15, 0.2) is 46.9 Å². The van der Waals surface area contributed by atoms with Gasteiger partial charge in [-0.2, -0.15) is 5.26 Å². The Morgan fingerprint density at radius 2 is 1.79 bits per heavy atom. The third-order valence-corrected chi connectivity index (χ3v) is 3.41. The summed E-state index contributed by atoms with van der Waals surface area (Å²) < 4.78 is 6.50. The van der Waals surface area contributed by atoms with Crippen molar-refractivity contribution in [2.45, 2.75) is 19.8 Å². The van der Waals surface area contributed by atoms with Crippen molar-refractivity contribution in [1.29, 1.82) is 5.26 Å². The standard InChI is InChI=1S/C16H14BrNO/c1-2-3-12-4-7-14(8-5-12)19-15-9-6-13(11-18)16(17)10-15/h4-10H,2-3H2,1H3. The first-order chi connectivity index (χ1) is 9.22. The minimum atomic E-state index is 0.602. The zero-order chi connectivity index (χ0) is 13.7. The summed E-state index contributed by atoms with van der Waals surface area (Å²) in [6, 6.07) is 15.5. The molecule has 0 heterocycles. The molecule has 0 unspecified atom stereocenters. The highest BCUT2D eigenvalue weighted by atomic mass is 79.9. The maximum Gasteiger partial charge on any atom is 0.128 e. The maximum atomic E-state index is 8.86. The summed E-state index contributed by atoms with van der Waals surface area (Å²) in [5.41, 5.74) is 1.92. The highest BCUT2D eigenvalue weighted by Crippen LogP contribution is 2.27. The molecule has 0 amide bonds. The van der Waals surface area contributed by atoms with E-state index in [9.17, 15) is 0 Å². The van der Waals surface area contributed by atoms with E-state index < -0.39 is 0 Å². The number of aryl methyl sites for hydroxylation is 1. The van der Waals surface area contributed by atoms with Crippen molar-refractivity contribution in [2.24, 2.45) is 0 Å². The molecule has 2 nitrogen and oxygen atoms in total. The lowest BCUT2D eigenvalue weighted by Gasteiger charge is -2.07. The Morgan fingerprint density at radius 3 is 2.37 bits per heavy atom. The highest BCUT2D eigenvalue weighted by Gasteiger charge is 2.03. The van der Waals surface area contributed by atoms with Gasteiger partial charge in [0.15, 0.2) is 0 Å². The largest absolute Gasteiger partial charge is 0.457 e. The zero-order valence-corrected chi connectivity index (χ0v) is 12.3. The summed E-state index contributed by atoms with van der Waals surface area (Å²) in [7, 11) is 0. The van der Waals surface area contributed by atoms with Crippen molar-refractivity contribution in [3.63, 3.8) is 0 Å². The molecule has 0 aliphatic rings. The van der Waals surface area contributed by atoms with Gasteiger partial charge in [-0.15, -0.1) is 0 Å². The van der Waals surface area contributed by atoms with E-state index in [4.69, 9.17) is 10.00 Å². The molecule has 0 atom stereocenters. The van der Waals surface area contributed by atoms with Gasteiger partial charge in [0, 0.05) is 4.47 Å².